The number of carbonyl (C=O) groups is 1. The number of fused-ring (bicyclic) bond motifs is 1. The fourth-order valence-corrected chi connectivity index (χ4v) is 4.97. The van der Waals surface area contributed by atoms with Crippen LogP contribution in [0.4, 0.5) is 55.9 Å². The molecule has 1 aromatic heterocycles. The Balaban J connectivity index is 1.94. The van der Waals surface area contributed by atoms with Gasteiger partial charge in [-0.1, -0.05) is 12.0 Å². The highest BCUT2D eigenvalue weighted by molar-refractivity contribution is 5.89. The van der Waals surface area contributed by atoms with Gasteiger partial charge in [0.05, 0.1) is 41.6 Å². The number of nitrogens with zero attached hydrogens (tertiary/aromatic N) is 6. The number of carboxylic acid groups (broad SMARTS) is 1. The molecule has 4 rings (SSSR count). The summed E-state index contributed by atoms with van der Waals surface area (Å²) in [5.74, 6) is -0.383. The van der Waals surface area contributed by atoms with Gasteiger partial charge in [-0.3, -0.25) is 4.90 Å². The average Bonchev–Trinajstić information content (AvgIpc) is 3.37. The number of aliphatic hydroxyl groups excluding tert-OH is 1. The zero-order valence-corrected chi connectivity index (χ0v) is 22.0. The summed E-state index contributed by atoms with van der Waals surface area (Å²) in [7, 11) is 0. The lowest BCUT2D eigenvalue weighted by Crippen LogP contribution is -2.47. The number of tetrazole rings is 1. The van der Waals surface area contributed by atoms with E-state index in [4.69, 9.17) is 0 Å². The number of benzene rings is 2. The van der Waals surface area contributed by atoms with Crippen LogP contribution in [0.25, 0.3) is 0 Å². The molecule has 2 heterocycles. The van der Waals surface area contributed by atoms with E-state index in [1.807, 2.05) is 0 Å². The minimum Gasteiger partial charge on any atom is -0.465 e. The first-order chi connectivity index (χ1) is 19.9. The van der Waals surface area contributed by atoms with Crippen molar-refractivity contribution in [3.63, 3.8) is 0 Å². The predicted octanol–water partition coefficient (Wildman–Crippen LogP) is 6.14. The molecule has 3 aromatic rings. The van der Waals surface area contributed by atoms with E-state index in [1.165, 1.54) is 0 Å². The highest BCUT2D eigenvalue weighted by Crippen LogP contribution is 2.46. The monoisotopic (exact) mass is 626 g/mol. The summed E-state index contributed by atoms with van der Waals surface area (Å²) in [4.78, 5) is 15.0. The van der Waals surface area contributed by atoms with Gasteiger partial charge >= 0.3 is 24.6 Å². The van der Waals surface area contributed by atoms with E-state index in [0.717, 1.165) is 20.7 Å². The number of anilines is 2. The highest BCUT2D eigenvalue weighted by atomic mass is 19.4. The van der Waals surface area contributed by atoms with Crippen molar-refractivity contribution in [3.05, 3.63) is 64.2 Å². The van der Waals surface area contributed by atoms with Crippen molar-refractivity contribution in [1.82, 2.24) is 20.2 Å². The Morgan fingerprint density at radius 3 is 2.07 bits per heavy atom. The van der Waals surface area contributed by atoms with Crippen molar-refractivity contribution in [2.75, 3.05) is 16.4 Å². The van der Waals surface area contributed by atoms with Crippen molar-refractivity contribution in [1.29, 1.82) is 0 Å². The maximum Gasteiger partial charge on any atom is 0.416 e. The summed E-state index contributed by atoms with van der Waals surface area (Å²) < 4.78 is 123. The molecule has 0 unspecified atom stereocenters. The van der Waals surface area contributed by atoms with Crippen LogP contribution in [0.3, 0.4) is 0 Å². The van der Waals surface area contributed by atoms with Crippen molar-refractivity contribution < 1.29 is 54.5 Å². The van der Waals surface area contributed by atoms with Gasteiger partial charge in [-0.2, -0.15) is 44.3 Å². The molecule has 18 heteroatoms. The van der Waals surface area contributed by atoms with Crippen molar-refractivity contribution in [2.24, 2.45) is 0 Å². The fraction of sp³-hybridized carbons (Fsp3) is 0.440. The number of aromatic nitrogens is 4. The molecule has 1 amide bonds. The lowest BCUT2D eigenvalue weighted by Gasteiger charge is -2.43. The lowest BCUT2D eigenvalue weighted by atomic mass is 9.87. The average molecular weight is 626 g/mol. The SMILES string of the molecule is CC[C@@H]1C[C@H](N(Cc2cc(C(F)(F)F)cc(C(F)(F)F)c2)c2nnn(CCO)n2)c2cc(C(F)(F)F)ccc2N1C(=O)O. The van der Waals surface area contributed by atoms with E-state index in [9.17, 15) is 54.5 Å². The minimum absolute atomic E-state index is 0.0625. The molecular weight excluding hydrogens is 603 g/mol. The Morgan fingerprint density at radius 2 is 1.56 bits per heavy atom. The molecule has 1 aliphatic rings. The molecule has 2 N–H and O–H groups in total. The third-order valence-corrected chi connectivity index (χ3v) is 6.89. The Morgan fingerprint density at radius 1 is 0.953 bits per heavy atom. The summed E-state index contributed by atoms with van der Waals surface area (Å²) >= 11 is 0. The third-order valence-electron chi connectivity index (χ3n) is 6.89. The number of rotatable bonds is 7. The number of halogens is 9. The molecular formula is C25H23F9N6O3. The van der Waals surface area contributed by atoms with Crippen LogP contribution in [0.1, 0.15) is 53.6 Å². The molecule has 43 heavy (non-hydrogen) atoms. The quantitative estimate of drug-likeness (QED) is 0.304. The molecule has 2 atom stereocenters. The standard InChI is InChI=1S/C25H23F9N6O3/c1-2-17-11-20(18-10-14(23(26,27)28)3-4-19(18)40(17)22(42)43)38(21-35-37-39(36-21)5-6-41)12-13-7-15(24(29,30)31)9-16(8-13)25(32,33)34/h3-4,7-10,17,20,41H,2,5-6,11-12H2,1H3,(H,42,43)/t17-,20+/m1/s1. The van der Waals surface area contributed by atoms with E-state index in [1.54, 1.807) is 6.92 Å². The molecule has 0 saturated carbocycles. The maximum atomic E-state index is 13.7. The molecule has 0 aliphatic carbocycles. The van der Waals surface area contributed by atoms with Gasteiger partial charge in [-0.25, -0.2) is 4.79 Å². The Bertz CT molecular complexity index is 1440. The summed E-state index contributed by atoms with van der Waals surface area (Å²) in [6.45, 7) is 0.175. The van der Waals surface area contributed by atoms with Crippen molar-refractivity contribution >= 4 is 17.7 Å². The van der Waals surface area contributed by atoms with Crippen LogP contribution in [0.5, 0.6) is 0 Å². The van der Waals surface area contributed by atoms with Gasteiger partial charge in [0.1, 0.15) is 0 Å². The van der Waals surface area contributed by atoms with Crippen LogP contribution in [-0.2, 0) is 31.6 Å². The largest absolute Gasteiger partial charge is 0.465 e. The Hall–Kier alpha value is -4.09. The number of hydrogen-bond acceptors (Lipinski definition) is 6. The molecule has 1 aliphatic heterocycles. The van der Waals surface area contributed by atoms with Gasteiger partial charge in [0.25, 0.3) is 5.95 Å². The summed E-state index contributed by atoms with van der Waals surface area (Å²) in [6, 6.07) is 1.07. The van der Waals surface area contributed by atoms with Gasteiger partial charge in [-0.05, 0) is 65.6 Å². The molecule has 0 bridgehead atoms. The summed E-state index contributed by atoms with van der Waals surface area (Å²) in [6.07, 6.45) is -16.8. The second-order valence-electron chi connectivity index (χ2n) is 9.69. The second kappa shape index (κ2) is 11.5. The lowest BCUT2D eigenvalue weighted by molar-refractivity contribution is -0.143. The predicted molar refractivity (Wildman–Crippen MR) is 131 cm³/mol. The van der Waals surface area contributed by atoms with E-state index < -0.39 is 72.1 Å². The van der Waals surface area contributed by atoms with Gasteiger partial charge in [0, 0.05) is 12.6 Å². The molecule has 0 fully saturated rings. The zero-order chi connectivity index (χ0) is 31.9. The van der Waals surface area contributed by atoms with E-state index in [-0.39, 0.29) is 42.7 Å². The topological polar surface area (TPSA) is 108 Å². The van der Waals surface area contributed by atoms with E-state index in [0.29, 0.717) is 24.3 Å². The zero-order valence-electron chi connectivity index (χ0n) is 22.0. The van der Waals surface area contributed by atoms with Crippen LogP contribution in [0.2, 0.25) is 0 Å². The van der Waals surface area contributed by atoms with Gasteiger partial charge < -0.3 is 15.1 Å². The molecule has 9 nitrogen and oxygen atoms in total. The number of alkyl halides is 9. The molecule has 234 valence electrons. The first kappa shape index (κ1) is 31.8. The summed E-state index contributed by atoms with van der Waals surface area (Å²) in [5.41, 5.74) is -5.28. The van der Waals surface area contributed by atoms with E-state index >= 15 is 0 Å². The first-order valence-corrected chi connectivity index (χ1v) is 12.6. The van der Waals surface area contributed by atoms with Crippen LogP contribution >= 0.6 is 0 Å². The molecule has 0 spiro atoms. The van der Waals surface area contributed by atoms with Crippen molar-refractivity contribution in [2.45, 2.75) is 63.5 Å². The number of amides is 1. The summed E-state index contributed by atoms with van der Waals surface area (Å²) in [5, 5.41) is 30.6. The van der Waals surface area contributed by atoms with Crippen LogP contribution < -0.4 is 9.80 Å². The van der Waals surface area contributed by atoms with Crippen LogP contribution in [0.15, 0.2) is 36.4 Å². The number of hydrogen-bond donors (Lipinski definition) is 2. The normalized spacial score (nSPS) is 17.6. The molecule has 2 aromatic carbocycles. The smallest absolute Gasteiger partial charge is 0.416 e. The van der Waals surface area contributed by atoms with Gasteiger partial charge in [0.15, 0.2) is 0 Å². The minimum atomic E-state index is -5.17. The van der Waals surface area contributed by atoms with Crippen LogP contribution in [-0.4, -0.2) is 49.2 Å². The number of aliphatic hydroxyl groups is 1. The Labute approximate surface area is 237 Å². The fourth-order valence-electron chi connectivity index (χ4n) is 4.97. The highest BCUT2D eigenvalue weighted by Gasteiger charge is 2.42. The van der Waals surface area contributed by atoms with Crippen LogP contribution in [0, 0.1) is 0 Å². The Kier molecular flexibility index (Phi) is 8.54. The van der Waals surface area contributed by atoms with E-state index in [2.05, 4.69) is 15.4 Å². The van der Waals surface area contributed by atoms with Crippen molar-refractivity contribution in [3.8, 4) is 0 Å². The third kappa shape index (κ3) is 6.78. The molecule has 0 radical (unpaired) electrons. The van der Waals surface area contributed by atoms with Gasteiger partial charge in [-0.15, -0.1) is 5.10 Å². The van der Waals surface area contributed by atoms with Gasteiger partial charge in [0.2, 0.25) is 0 Å². The second-order valence-corrected chi connectivity index (χ2v) is 9.69. The maximum absolute atomic E-state index is 13.7. The molecule has 0 saturated heterocycles. The first-order valence-electron chi connectivity index (χ1n) is 12.6.